The Labute approximate surface area is 158 Å². The minimum atomic E-state index is -0.310. The van der Waals surface area contributed by atoms with Crippen LogP contribution < -0.4 is 15.4 Å². The SMILES string of the molecule is COCCNC(=O)c1ccccc1NC(=O)c1ccc(OCCOC)cc1. The van der Waals surface area contributed by atoms with Crippen molar-refractivity contribution in [2.75, 3.05) is 45.9 Å². The first-order valence-electron chi connectivity index (χ1n) is 8.55. The number of nitrogens with one attached hydrogen (secondary N) is 2. The first kappa shape index (κ1) is 20.4. The number of anilines is 1. The van der Waals surface area contributed by atoms with Crippen molar-refractivity contribution in [2.45, 2.75) is 0 Å². The zero-order valence-corrected chi connectivity index (χ0v) is 15.5. The van der Waals surface area contributed by atoms with Gasteiger partial charge in [0.25, 0.3) is 11.8 Å². The summed E-state index contributed by atoms with van der Waals surface area (Å²) in [5.74, 6) is 0.0712. The Morgan fingerprint density at radius 1 is 0.852 bits per heavy atom. The Morgan fingerprint density at radius 2 is 1.56 bits per heavy atom. The van der Waals surface area contributed by atoms with Gasteiger partial charge in [-0.15, -0.1) is 0 Å². The van der Waals surface area contributed by atoms with Crippen LogP contribution in [0.5, 0.6) is 5.75 Å². The molecule has 2 amide bonds. The fraction of sp³-hybridized carbons (Fsp3) is 0.300. The lowest BCUT2D eigenvalue weighted by atomic mass is 10.1. The molecule has 0 heterocycles. The Balaban J connectivity index is 2.02. The highest BCUT2D eigenvalue weighted by Gasteiger charge is 2.14. The van der Waals surface area contributed by atoms with Crippen LogP contribution in [-0.4, -0.2) is 52.4 Å². The Bertz CT molecular complexity index is 746. The molecular formula is C20H24N2O5. The van der Waals surface area contributed by atoms with Gasteiger partial charge in [-0.2, -0.15) is 0 Å². The zero-order valence-electron chi connectivity index (χ0n) is 15.5. The summed E-state index contributed by atoms with van der Waals surface area (Å²) in [5, 5.41) is 5.52. The highest BCUT2D eigenvalue weighted by atomic mass is 16.5. The minimum Gasteiger partial charge on any atom is -0.491 e. The first-order chi connectivity index (χ1) is 13.2. The highest BCUT2D eigenvalue weighted by molar-refractivity contribution is 6.09. The predicted octanol–water partition coefficient (Wildman–Crippen LogP) is 2.34. The van der Waals surface area contributed by atoms with Crippen molar-refractivity contribution in [1.29, 1.82) is 0 Å². The number of carbonyl (C=O) groups is 2. The fourth-order valence-electron chi connectivity index (χ4n) is 2.29. The number of para-hydroxylation sites is 1. The van der Waals surface area contributed by atoms with Crippen LogP contribution >= 0.6 is 0 Å². The molecule has 2 rings (SSSR count). The molecule has 2 aromatic carbocycles. The van der Waals surface area contributed by atoms with Crippen molar-refractivity contribution in [2.24, 2.45) is 0 Å². The van der Waals surface area contributed by atoms with Gasteiger partial charge in [0.1, 0.15) is 12.4 Å². The summed E-state index contributed by atoms with van der Waals surface area (Å²) in [4.78, 5) is 24.8. The van der Waals surface area contributed by atoms with Gasteiger partial charge in [0.15, 0.2) is 0 Å². The summed E-state index contributed by atoms with van der Waals surface area (Å²) in [6, 6.07) is 13.6. The number of rotatable bonds is 10. The number of benzene rings is 2. The zero-order chi connectivity index (χ0) is 19.5. The van der Waals surface area contributed by atoms with E-state index in [1.165, 1.54) is 0 Å². The van der Waals surface area contributed by atoms with Gasteiger partial charge in [-0.3, -0.25) is 9.59 Å². The molecule has 7 heteroatoms. The molecule has 0 saturated carbocycles. The van der Waals surface area contributed by atoms with Gasteiger partial charge in [-0.05, 0) is 36.4 Å². The molecule has 0 radical (unpaired) electrons. The van der Waals surface area contributed by atoms with E-state index < -0.39 is 0 Å². The van der Waals surface area contributed by atoms with E-state index in [4.69, 9.17) is 14.2 Å². The maximum Gasteiger partial charge on any atom is 0.255 e. The van der Waals surface area contributed by atoms with Crippen molar-refractivity contribution >= 4 is 17.5 Å². The van der Waals surface area contributed by atoms with E-state index in [1.807, 2.05) is 0 Å². The van der Waals surface area contributed by atoms with E-state index >= 15 is 0 Å². The number of amides is 2. The molecule has 0 bridgehead atoms. The summed E-state index contributed by atoms with van der Waals surface area (Å²) in [5.41, 5.74) is 1.29. The lowest BCUT2D eigenvalue weighted by Crippen LogP contribution is -2.28. The first-order valence-corrected chi connectivity index (χ1v) is 8.55. The molecule has 0 atom stereocenters. The Hall–Kier alpha value is -2.90. The van der Waals surface area contributed by atoms with Crippen LogP contribution in [0, 0.1) is 0 Å². The molecule has 7 nitrogen and oxygen atoms in total. The van der Waals surface area contributed by atoms with Gasteiger partial charge in [0.05, 0.1) is 24.5 Å². The van der Waals surface area contributed by atoms with Crippen LogP contribution in [-0.2, 0) is 9.47 Å². The number of ether oxygens (including phenoxy) is 3. The summed E-state index contributed by atoms with van der Waals surface area (Å²) in [7, 11) is 3.17. The Kier molecular flexibility index (Phi) is 8.28. The van der Waals surface area contributed by atoms with Crippen LogP contribution in [0.25, 0.3) is 0 Å². The van der Waals surface area contributed by atoms with E-state index in [2.05, 4.69) is 10.6 Å². The molecule has 144 valence electrons. The summed E-state index contributed by atoms with van der Waals surface area (Å²) >= 11 is 0. The molecular weight excluding hydrogens is 348 g/mol. The molecule has 2 aromatic rings. The average molecular weight is 372 g/mol. The predicted molar refractivity (Wildman–Crippen MR) is 102 cm³/mol. The Morgan fingerprint density at radius 3 is 2.26 bits per heavy atom. The third-order valence-corrected chi connectivity index (χ3v) is 3.68. The molecule has 0 unspecified atom stereocenters. The summed E-state index contributed by atoms with van der Waals surface area (Å²) in [6.45, 7) is 1.74. The van der Waals surface area contributed by atoms with E-state index in [1.54, 1.807) is 62.8 Å². The van der Waals surface area contributed by atoms with Crippen LogP contribution in [0.2, 0.25) is 0 Å². The third-order valence-electron chi connectivity index (χ3n) is 3.68. The van der Waals surface area contributed by atoms with Crippen LogP contribution in [0.1, 0.15) is 20.7 Å². The molecule has 0 aromatic heterocycles. The number of methoxy groups -OCH3 is 2. The van der Waals surface area contributed by atoms with Gasteiger partial charge in [-0.25, -0.2) is 0 Å². The van der Waals surface area contributed by atoms with Gasteiger partial charge < -0.3 is 24.8 Å². The molecule has 0 aliphatic carbocycles. The van der Waals surface area contributed by atoms with Crippen molar-refractivity contribution in [3.63, 3.8) is 0 Å². The quantitative estimate of drug-likeness (QED) is 0.625. The largest absolute Gasteiger partial charge is 0.491 e. The number of carbonyl (C=O) groups excluding carboxylic acids is 2. The van der Waals surface area contributed by atoms with Gasteiger partial charge >= 0.3 is 0 Å². The second-order valence-electron chi connectivity index (χ2n) is 5.61. The highest BCUT2D eigenvalue weighted by Crippen LogP contribution is 2.18. The van der Waals surface area contributed by atoms with Crippen LogP contribution in [0.4, 0.5) is 5.69 Å². The lowest BCUT2D eigenvalue weighted by Gasteiger charge is -2.12. The maximum atomic E-state index is 12.5. The van der Waals surface area contributed by atoms with E-state index in [0.29, 0.717) is 48.9 Å². The van der Waals surface area contributed by atoms with Gasteiger partial charge in [-0.1, -0.05) is 12.1 Å². The third kappa shape index (κ3) is 6.40. The van der Waals surface area contributed by atoms with Crippen molar-refractivity contribution in [3.8, 4) is 5.75 Å². The second kappa shape index (κ2) is 10.9. The minimum absolute atomic E-state index is 0.273. The molecule has 0 spiro atoms. The monoisotopic (exact) mass is 372 g/mol. The lowest BCUT2D eigenvalue weighted by molar-refractivity contribution is 0.0938. The smallest absolute Gasteiger partial charge is 0.255 e. The van der Waals surface area contributed by atoms with Gasteiger partial charge in [0.2, 0.25) is 0 Å². The molecule has 0 fully saturated rings. The average Bonchev–Trinajstić information content (AvgIpc) is 2.69. The van der Waals surface area contributed by atoms with E-state index in [0.717, 1.165) is 0 Å². The molecule has 2 N–H and O–H groups in total. The second-order valence-corrected chi connectivity index (χ2v) is 5.61. The van der Waals surface area contributed by atoms with Crippen molar-refractivity contribution < 1.29 is 23.8 Å². The normalized spacial score (nSPS) is 10.3. The van der Waals surface area contributed by atoms with Crippen LogP contribution in [0.3, 0.4) is 0 Å². The van der Waals surface area contributed by atoms with Crippen LogP contribution in [0.15, 0.2) is 48.5 Å². The summed E-state index contributed by atoms with van der Waals surface area (Å²) in [6.07, 6.45) is 0. The van der Waals surface area contributed by atoms with Crippen molar-refractivity contribution in [3.05, 3.63) is 59.7 Å². The number of hydrogen-bond donors (Lipinski definition) is 2. The molecule has 0 saturated heterocycles. The maximum absolute atomic E-state index is 12.5. The van der Waals surface area contributed by atoms with E-state index in [-0.39, 0.29) is 11.8 Å². The molecule has 0 aliphatic heterocycles. The summed E-state index contributed by atoms with van der Waals surface area (Å²) < 4.78 is 15.3. The molecule has 0 aliphatic rings. The fourth-order valence-corrected chi connectivity index (χ4v) is 2.29. The van der Waals surface area contributed by atoms with E-state index in [9.17, 15) is 9.59 Å². The standard InChI is InChI=1S/C20H24N2O5/c1-25-12-11-21-20(24)17-5-3-4-6-18(17)22-19(23)15-7-9-16(10-8-15)27-14-13-26-2/h3-10H,11-14H2,1-2H3,(H,21,24)(H,22,23). The number of hydrogen-bond acceptors (Lipinski definition) is 5. The van der Waals surface area contributed by atoms with Crippen molar-refractivity contribution in [1.82, 2.24) is 5.32 Å². The molecule has 27 heavy (non-hydrogen) atoms. The topological polar surface area (TPSA) is 85.9 Å². The van der Waals surface area contributed by atoms with Gasteiger partial charge in [0, 0.05) is 26.3 Å².